The van der Waals surface area contributed by atoms with E-state index < -0.39 is 0 Å². The third-order valence-corrected chi connectivity index (χ3v) is 2.03. The van der Waals surface area contributed by atoms with Crippen molar-refractivity contribution in [1.29, 1.82) is 0 Å². The lowest BCUT2D eigenvalue weighted by atomic mass is 10.2. The number of hydrogen-bond donors (Lipinski definition) is 1. The fourth-order valence-corrected chi connectivity index (χ4v) is 1.52. The largest absolute Gasteiger partial charge is 0.447 e. The summed E-state index contributed by atoms with van der Waals surface area (Å²) >= 11 is 0. The molecule has 2 saturated heterocycles. The molecule has 2 aliphatic rings. The summed E-state index contributed by atoms with van der Waals surface area (Å²) in [6, 6.07) is 0.141. The zero-order valence-corrected chi connectivity index (χ0v) is 5.49. The highest BCUT2D eigenvalue weighted by Crippen LogP contribution is 2.23. The van der Waals surface area contributed by atoms with Gasteiger partial charge in [0.05, 0.1) is 18.7 Å². The molecule has 4 nitrogen and oxygen atoms in total. The lowest BCUT2D eigenvalue weighted by Gasteiger charge is -2.08. The number of ether oxygens (including phenoxy) is 1. The number of fused-ring (bicyclic) bond motifs is 1. The van der Waals surface area contributed by atoms with Crippen molar-refractivity contribution in [2.75, 3.05) is 13.2 Å². The van der Waals surface area contributed by atoms with Crippen LogP contribution in [0.5, 0.6) is 0 Å². The maximum Gasteiger partial charge on any atom is 0.410 e. The van der Waals surface area contributed by atoms with E-state index in [9.17, 15) is 4.79 Å². The van der Waals surface area contributed by atoms with Crippen molar-refractivity contribution < 1.29 is 14.6 Å². The average Bonchev–Trinajstić information content (AvgIpc) is 2.35. The zero-order chi connectivity index (χ0) is 7.14. The normalized spacial score (nSPS) is 38.1. The summed E-state index contributed by atoms with van der Waals surface area (Å²) in [7, 11) is 0. The second-order valence-electron chi connectivity index (χ2n) is 2.77. The Hall–Kier alpha value is -0.770. The molecule has 0 aromatic rings. The monoisotopic (exact) mass is 143 g/mol. The molecule has 1 N–H and O–H groups in total. The number of cyclic esters (lactones) is 1. The number of rotatable bonds is 0. The molecule has 0 aliphatic carbocycles. The predicted molar refractivity (Wildman–Crippen MR) is 32.5 cm³/mol. The molecule has 0 aromatic carbocycles. The van der Waals surface area contributed by atoms with E-state index in [1.807, 2.05) is 0 Å². The molecule has 2 heterocycles. The van der Waals surface area contributed by atoms with Crippen LogP contribution in [0.3, 0.4) is 0 Å². The van der Waals surface area contributed by atoms with Crippen LogP contribution in [0.25, 0.3) is 0 Å². The lowest BCUT2D eigenvalue weighted by Crippen LogP contribution is -2.27. The van der Waals surface area contributed by atoms with Crippen LogP contribution in [0.1, 0.15) is 6.42 Å². The summed E-state index contributed by atoms with van der Waals surface area (Å²) in [6.07, 6.45) is 0.0607. The molecule has 56 valence electrons. The molecule has 0 bridgehead atoms. The Kier molecular flexibility index (Phi) is 1.11. The summed E-state index contributed by atoms with van der Waals surface area (Å²) in [6.45, 7) is 0.902. The highest BCUT2D eigenvalue weighted by Gasteiger charge is 2.40. The highest BCUT2D eigenvalue weighted by atomic mass is 16.6. The van der Waals surface area contributed by atoms with Crippen LogP contribution in [0, 0.1) is 0 Å². The van der Waals surface area contributed by atoms with Gasteiger partial charge in [-0.2, -0.15) is 0 Å². The third-order valence-electron chi connectivity index (χ3n) is 2.03. The molecule has 0 saturated carbocycles. The lowest BCUT2D eigenvalue weighted by molar-refractivity contribution is 0.136. The second kappa shape index (κ2) is 1.85. The molecule has 0 aromatic heterocycles. The van der Waals surface area contributed by atoms with Crippen molar-refractivity contribution >= 4 is 6.09 Å². The molecule has 2 fully saturated rings. The highest BCUT2D eigenvalue weighted by molar-refractivity contribution is 5.70. The summed E-state index contributed by atoms with van der Waals surface area (Å²) in [4.78, 5) is 12.4. The summed E-state index contributed by atoms with van der Waals surface area (Å²) < 4.78 is 4.74. The van der Waals surface area contributed by atoms with E-state index in [-0.39, 0.29) is 18.2 Å². The first-order valence-corrected chi connectivity index (χ1v) is 3.39. The minimum Gasteiger partial charge on any atom is -0.447 e. The summed E-state index contributed by atoms with van der Waals surface area (Å²) in [5.74, 6) is 0. The van der Waals surface area contributed by atoms with Crippen LogP contribution < -0.4 is 0 Å². The van der Waals surface area contributed by atoms with Crippen LogP contribution in [0.4, 0.5) is 4.79 Å². The van der Waals surface area contributed by atoms with Crippen LogP contribution in [0.15, 0.2) is 0 Å². The number of carbonyl (C=O) groups excluding carboxylic acids is 1. The van der Waals surface area contributed by atoms with Gasteiger partial charge >= 0.3 is 6.09 Å². The molecule has 10 heavy (non-hydrogen) atoms. The van der Waals surface area contributed by atoms with Gasteiger partial charge in [0, 0.05) is 0 Å². The van der Waals surface area contributed by atoms with E-state index in [0.717, 1.165) is 0 Å². The summed E-state index contributed by atoms with van der Waals surface area (Å²) in [5.41, 5.74) is 0. The fraction of sp³-hybridized carbons (Fsp3) is 0.833. The molecule has 0 radical (unpaired) electrons. The summed E-state index contributed by atoms with van der Waals surface area (Å²) in [5, 5.41) is 9.10. The van der Waals surface area contributed by atoms with Gasteiger partial charge in [0.2, 0.25) is 0 Å². The number of aliphatic hydroxyl groups excluding tert-OH is 1. The number of hydrogen-bond acceptors (Lipinski definition) is 3. The van der Waals surface area contributed by atoms with E-state index in [4.69, 9.17) is 9.84 Å². The molecular formula is C6H9NO3. The molecule has 0 spiro atoms. The first-order valence-electron chi connectivity index (χ1n) is 3.39. The average molecular weight is 143 g/mol. The number of aliphatic hydroxyl groups is 1. The van der Waals surface area contributed by atoms with Crippen molar-refractivity contribution in [3.8, 4) is 0 Å². The number of nitrogens with zero attached hydrogens (tertiary/aromatic N) is 1. The Bertz CT molecular complexity index is 170. The van der Waals surface area contributed by atoms with Crippen LogP contribution >= 0.6 is 0 Å². The minimum absolute atomic E-state index is 0.141. The molecule has 2 atom stereocenters. The van der Waals surface area contributed by atoms with E-state index in [0.29, 0.717) is 19.6 Å². The Morgan fingerprint density at radius 2 is 2.50 bits per heavy atom. The standard InChI is InChI=1S/C6H9NO3/c8-5-1-4-3-10-6(9)7(4)2-5/h4-5,8H,1-3H2/t4-,5+/m0/s1. The van der Waals surface area contributed by atoms with Crippen molar-refractivity contribution in [3.63, 3.8) is 0 Å². The van der Waals surface area contributed by atoms with Gasteiger partial charge < -0.3 is 9.84 Å². The Labute approximate surface area is 58.4 Å². The van der Waals surface area contributed by atoms with Crippen molar-refractivity contribution in [3.05, 3.63) is 0 Å². The smallest absolute Gasteiger partial charge is 0.410 e. The number of carbonyl (C=O) groups is 1. The van der Waals surface area contributed by atoms with Crippen molar-refractivity contribution in [2.45, 2.75) is 18.6 Å². The van der Waals surface area contributed by atoms with E-state index in [2.05, 4.69) is 0 Å². The van der Waals surface area contributed by atoms with E-state index in [1.54, 1.807) is 4.90 Å². The Morgan fingerprint density at radius 3 is 3.20 bits per heavy atom. The first kappa shape index (κ1) is 5.97. The van der Waals surface area contributed by atoms with Crippen LogP contribution in [0.2, 0.25) is 0 Å². The van der Waals surface area contributed by atoms with Gasteiger partial charge in [0.15, 0.2) is 0 Å². The Morgan fingerprint density at radius 1 is 1.70 bits per heavy atom. The van der Waals surface area contributed by atoms with Gasteiger partial charge in [-0.15, -0.1) is 0 Å². The van der Waals surface area contributed by atoms with Gasteiger partial charge in [-0.25, -0.2) is 4.79 Å². The van der Waals surface area contributed by atoms with E-state index >= 15 is 0 Å². The third kappa shape index (κ3) is 0.686. The van der Waals surface area contributed by atoms with E-state index in [1.165, 1.54) is 0 Å². The van der Waals surface area contributed by atoms with Gasteiger partial charge in [-0.3, -0.25) is 4.90 Å². The maximum absolute atomic E-state index is 10.8. The molecule has 2 rings (SSSR count). The van der Waals surface area contributed by atoms with Crippen LogP contribution in [-0.4, -0.2) is 41.4 Å². The minimum atomic E-state index is -0.335. The topological polar surface area (TPSA) is 49.8 Å². The predicted octanol–water partition coefficient (Wildman–Crippen LogP) is -0.428. The van der Waals surface area contributed by atoms with Gasteiger partial charge in [0.25, 0.3) is 0 Å². The van der Waals surface area contributed by atoms with Gasteiger partial charge in [-0.05, 0) is 6.42 Å². The maximum atomic E-state index is 10.8. The fourth-order valence-electron chi connectivity index (χ4n) is 1.52. The molecule has 1 amide bonds. The molecule has 4 heteroatoms. The van der Waals surface area contributed by atoms with Gasteiger partial charge in [-0.1, -0.05) is 0 Å². The van der Waals surface area contributed by atoms with Crippen LogP contribution in [-0.2, 0) is 4.74 Å². The van der Waals surface area contributed by atoms with Crippen molar-refractivity contribution in [2.24, 2.45) is 0 Å². The van der Waals surface area contributed by atoms with Crippen molar-refractivity contribution in [1.82, 2.24) is 4.90 Å². The number of amides is 1. The first-order chi connectivity index (χ1) is 4.77. The zero-order valence-electron chi connectivity index (χ0n) is 5.49. The van der Waals surface area contributed by atoms with Gasteiger partial charge in [0.1, 0.15) is 6.61 Å². The molecule has 2 aliphatic heterocycles. The molecule has 0 unspecified atom stereocenters. The molecular weight excluding hydrogens is 134 g/mol. The SMILES string of the molecule is O=C1OC[C@@H]2C[C@@H](O)CN12. The second-order valence-corrected chi connectivity index (χ2v) is 2.77. The quantitative estimate of drug-likeness (QED) is 0.500. The Balaban J connectivity index is 2.12.